The monoisotopic (exact) mass is 398 g/mol. The summed E-state index contributed by atoms with van der Waals surface area (Å²) >= 11 is 0. The van der Waals surface area contributed by atoms with Crippen molar-refractivity contribution in [2.75, 3.05) is 6.54 Å². The Morgan fingerprint density at radius 1 is 1.04 bits per heavy atom. The molecule has 1 unspecified atom stereocenters. The molecule has 0 fully saturated rings. The highest BCUT2D eigenvalue weighted by atomic mass is 32.2. The number of nitrogens with zero attached hydrogens (tertiary/aromatic N) is 3. The Bertz CT molecular complexity index is 1050. The molecule has 0 bridgehead atoms. The van der Waals surface area contributed by atoms with Gasteiger partial charge in [-0.3, -0.25) is 4.79 Å². The minimum Gasteiger partial charge on any atom is -0.355 e. The van der Waals surface area contributed by atoms with Crippen molar-refractivity contribution in [1.29, 1.82) is 0 Å². The van der Waals surface area contributed by atoms with E-state index in [9.17, 15) is 13.2 Å². The molecule has 3 aromatic rings. The molecule has 0 saturated heterocycles. The second-order valence-corrected chi connectivity index (χ2v) is 8.61. The molecule has 1 amide bonds. The van der Waals surface area contributed by atoms with Crippen LogP contribution in [0.1, 0.15) is 12.5 Å². The van der Waals surface area contributed by atoms with Gasteiger partial charge in [-0.05, 0) is 18.9 Å². The van der Waals surface area contributed by atoms with Crippen LogP contribution in [-0.4, -0.2) is 40.9 Å². The molecule has 2 aromatic carbocycles. The quantitative estimate of drug-likeness (QED) is 0.657. The first-order valence-electron chi connectivity index (χ1n) is 8.91. The van der Waals surface area contributed by atoms with E-state index in [1.54, 1.807) is 7.05 Å². The molecular weight excluding hydrogens is 376 g/mol. The molecule has 0 saturated carbocycles. The topological polar surface area (TPSA) is 93.9 Å². The summed E-state index contributed by atoms with van der Waals surface area (Å²) in [6.45, 7) is 1.72. The van der Waals surface area contributed by atoms with Gasteiger partial charge in [0.05, 0.1) is 0 Å². The fourth-order valence-corrected chi connectivity index (χ4v) is 4.12. The number of aromatic nitrogens is 3. The van der Waals surface area contributed by atoms with E-state index in [4.69, 9.17) is 0 Å². The molecule has 0 aliphatic carbocycles. The van der Waals surface area contributed by atoms with Gasteiger partial charge in [-0.1, -0.05) is 60.7 Å². The Morgan fingerprint density at radius 2 is 1.64 bits per heavy atom. The predicted octanol–water partition coefficient (Wildman–Crippen LogP) is 2.00. The van der Waals surface area contributed by atoms with E-state index in [1.165, 1.54) is 11.5 Å². The van der Waals surface area contributed by atoms with Gasteiger partial charge in [-0.25, -0.2) is 8.42 Å². The number of benzene rings is 2. The smallest absolute Gasteiger partial charge is 0.250 e. The van der Waals surface area contributed by atoms with E-state index in [0.29, 0.717) is 18.8 Å². The number of sulfone groups is 1. The number of hydrogen-bond donors (Lipinski definition) is 1. The number of carbonyl (C=O) groups is 1. The highest BCUT2D eigenvalue weighted by Crippen LogP contribution is 2.21. The third-order valence-electron chi connectivity index (χ3n) is 4.51. The van der Waals surface area contributed by atoms with Gasteiger partial charge < -0.3 is 9.88 Å². The maximum absolute atomic E-state index is 12.9. The van der Waals surface area contributed by atoms with Gasteiger partial charge in [0, 0.05) is 19.2 Å². The molecule has 3 rings (SSSR count). The van der Waals surface area contributed by atoms with Gasteiger partial charge >= 0.3 is 0 Å². The van der Waals surface area contributed by atoms with Gasteiger partial charge in [0.2, 0.25) is 15.7 Å². The summed E-state index contributed by atoms with van der Waals surface area (Å²) < 4.78 is 27.2. The fourth-order valence-electron chi connectivity index (χ4n) is 2.82. The van der Waals surface area contributed by atoms with Crippen molar-refractivity contribution in [3.63, 3.8) is 0 Å². The number of nitrogens with one attached hydrogen (secondary N) is 1. The summed E-state index contributed by atoms with van der Waals surface area (Å²) in [6, 6.07) is 18.8. The second-order valence-electron chi connectivity index (χ2n) is 6.45. The van der Waals surface area contributed by atoms with Crippen molar-refractivity contribution in [3.8, 4) is 11.4 Å². The van der Waals surface area contributed by atoms with Crippen LogP contribution in [0.3, 0.4) is 0 Å². The summed E-state index contributed by atoms with van der Waals surface area (Å²) in [5.41, 5.74) is 1.82. The molecule has 28 heavy (non-hydrogen) atoms. The Kier molecular flexibility index (Phi) is 5.89. The van der Waals surface area contributed by atoms with Crippen LogP contribution in [0.5, 0.6) is 0 Å². The first-order chi connectivity index (χ1) is 13.4. The number of rotatable bonds is 7. The zero-order valence-corrected chi connectivity index (χ0v) is 16.6. The zero-order chi connectivity index (χ0) is 20.1. The minimum atomic E-state index is -3.97. The third-order valence-corrected chi connectivity index (χ3v) is 6.52. The average Bonchev–Trinajstić information content (AvgIpc) is 3.11. The highest BCUT2D eigenvalue weighted by molar-refractivity contribution is 7.92. The largest absolute Gasteiger partial charge is 0.355 e. The molecular formula is C20H22N4O3S. The molecule has 0 aliphatic rings. The SMILES string of the molecule is CC(C(=O)NCCc1ccccc1)S(=O)(=O)c1nnc(-c2ccccc2)n1C. The fraction of sp³-hybridized carbons (Fsp3) is 0.250. The van der Waals surface area contributed by atoms with Gasteiger partial charge in [-0.15, -0.1) is 10.2 Å². The summed E-state index contributed by atoms with van der Waals surface area (Å²) in [5.74, 6) is -0.129. The van der Waals surface area contributed by atoms with E-state index in [2.05, 4.69) is 15.5 Å². The van der Waals surface area contributed by atoms with E-state index >= 15 is 0 Å². The van der Waals surface area contributed by atoms with Crippen molar-refractivity contribution in [2.24, 2.45) is 7.05 Å². The lowest BCUT2D eigenvalue weighted by Gasteiger charge is -2.13. The molecule has 0 radical (unpaired) electrons. The van der Waals surface area contributed by atoms with Gasteiger partial charge in [0.1, 0.15) is 5.25 Å². The first kappa shape index (κ1) is 19.8. The third kappa shape index (κ3) is 4.12. The van der Waals surface area contributed by atoms with Crippen LogP contribution in [0, 0.1) is 0 Å². The van der Waals surface area contributed by atoms with Crippen LogP contribution in [0.15, 0.2) is 65.8 Å². The van der Waals surface area contributed by atoms with Gasteiger partial charge in [0.25, 0.3) is 5.16 Å². The van der Waals surface area contributed by atoms with Gasteiger partial charge in [-0.2, -0.15) is 0 Å². The van der Waals surface area contributed by atoms with E-state index in [0.717, 1.165) is 11.1 Å². The van der Waals surface area contributed by atoms with E-state index < -0.39 is 21.0 Å². The first-order valence-corrected chi connectivity index (χ1v) is 10.5. The summed E-state index contributed by atoms with van der Waals surface area (Å²) in [5, 5.41) is 9.03. The molecule has 1 heterocycles. The molecule has 1 atom stereocenters. The maximum Gasteiger partial charge on any atom is 0.250 e. The minimum absolute atomic E-state index is 0.225. The van der Waals surface area contributed by atoms with Crippen molar-refractivity contribution in [3.05, 3.63) is 66.2 Å². The van der Waals surface area contributed by atoms with Crippen LogP contribution >= 0.6 is 0 Å². The van der Waals surface area contributed by atoms with Crippen LogP contribution in [-0.2, 0) is 28.1 Å². The lowest BCUT2D eigenvalue weighted by atomic mass is 10.1. The van der Waals surface area contributed by atoms with E-state index in [1.807, 2.05) is 60.7 Å². The molecule has 7 nitrogen and oxygen atoms in total. The second kappa shape index (κ2) is 8.35. The normalized spacial score (nSPS) is 12.5. The Balaban J connectivity index is 1.71. The average molecular weight is 398 g/mol. The molecule has 8 heteroatoms. The molecule has 146 valence electrons. The number of amides is 1. The number of hydrogen-bond acceptors (Lipinski definition) is 5. The standard InChI is InChI=1S/C20H22N4O3S/c1-15(19(25)21-14-13-16-9-5-3-6-10-16)28(26,27)20-23-22-18(24(20)2)17-11-7-4-8-12-17/h3-12,15H,13-14H2,1-2H3,(H,21,25). The summed E-state index contributed by atoms with van der Waals surface area (Å²) in [7, 11) is -2.40. The van der Waals surface area contributed by atoms with Crippen molar-refractivity contribution >= 4 is 15.7 Å². The van der Waals surface area contributed by atoms with Crippen LogP contribution in [0.25, 0.3) is 11.4 Å². The Morgan fingerprint density at radius 3 is 2.29 bits per heavy atom. The lowest BCUT2D eigenvalue weighted by Crippen LogP contribution is -2.39. The predicted molar refractivity (Wildman–Crippen MR) is 106 cm³/mol. The maximum atomic E-state index is 12.9. The molecule has 0 aliphatic heterocycles. The molecule has 0 spiro atoms. The molecule has 1 N–H and O–H groups in total. The van der Waals surface area contributed by atoms with Crippen molar-refractivity contribution in [2.45, 2.75) is 23.8 Å². The zero-order valence-electron chi connectivity index (χ0n) is 15.7. The van der Waals surface area contributed by atoms with Crippen LogP contribution in [0.4, 0.5) is 0 Å². The van der Waals surface area contributed by atoms with Crippen LogP contribution < -0.4 is 5.32 Å². The summed E-state index contributed by atoms with van der Waals surface area (Å²) in [6.07, 6.45) is 0.626. The van der Waals surface area contributed by atoms with Crippen LogP contribution in [0.2, 0.25) is 0 Å². The van der Waals surface area contributed by atoms with E-state index in [-0.39, 0.29) is 5.16 Å². The Labute approximate surface area is 164 Å². The van der Waals surface area contributed by atoms with Gasteiger partial charge in [0.15, 0.2) is 5.82 Å². The molecule has 1 aromatic heterocycles. The highest BCUT2D eigenvalue weighted by Gasteiger charge is 2.34. The van der Waals surface area contributed by atoms with Crippen molar-refractivity contribution in [1.82, 2.24) is 20.1 Å². The lowest BCUT2D eigenvalue weighted by molar-refractivity contribution is -0.120. The van der Waals surface area contributed by atoms with Crippen molar-refractivity contribution < 1.29 is 13.2 Å². The summed E-state index contributed by atoms with van der Waals surface area (Å²) in [4.78, 5) is 12.4. The Hall–Kier alpha value is -3.00. The number of carbonyl (C=O) groups excluding carboxylic acids is 1.